The Kier molecular flexibility index (Phi) is 5.91. The molecule has 0 saturated heterocycles. The molecule has 0 N–H and O–H groups in total. The lowest BCUT2D eigenvalue weighted by Crippen LogP contribution is -2.12. The third kappa shape index (κ3) is 3.95. The number of fused-ring (bicyclic) bond motifs is 5. The van der Waals surface area contributed by atoms with Crippen molar-refractivity contribution in [3.63, 3.8) is 0 Å². The maximum Gasteiger partial charge on any atom is 0.335 e. The van der Waals surface area contributed by atoms with Gasteiger partial charge in [0.05, 0.1) is 32.0 Å². The fourth-order valence-electron chi connectivity index (χ4n) is 5.96. The van der Waals surface area contributed by atoms with Gasteiger partial charge in [0.15, 0.2) is 0 Å². The molecule has 3 heterocycles. The van der Waals surface area contributed by atoms with Crippen molar-refractivity contribution in [2.75, 3.05) is 14.2 Å². The molecular weight excluding hydrogens is 466 g/mol. The number of rotatable bonds is 4. The van der Waals surface area contributed by atoms with Gasteiger partial charge in [-0.1, -0.05) is 25.3 Å². The van der Waals surface area contributed by atoms with Gasteiger partial charge in [-0.15, -0.1) is 0 Å². The summed E-state index contributed by atoms with van der Waals surface area (Å²) < 4.78 is 14.4. The molecule has 7 heteroatoms. The van der Waals surface area contributed by atoms with E-state index in [-0.39, 0.29) is 11.9 Å². The summed E-state index contributed by atoms with van der Waals surface area (Å²) in [5.41, 5.74) is 6.47. The molecule has 6 rings (SSSR count). The summed E-state index contributed by atoms with van der Waals surface area (Å²) in [5.74, 6) is 0.638. The van der Waals surface area contributed by atoms with E-state index in [1.807, 2.05) is 30.3 Å². The van der Waals surface area contributed by atoms with Gasteiger partial charge in [0, 0.05) is 34.4 Å². The second-order valence-corrected chi connectivity index (χ2v) is 9.80. The number of carbonyl (C=O) groups is 2. The fraction of sp³-hybridized carbons (Fsp3) is 0.300. The number of imidazole rings is 1. The van der Waals surface area contributed by atoms with Crippen LogP contribution in [0.3, 0.4) is 0 Å². The van der Waals surface area contributed by atoms with Crippen molar-refractivity contribution in [1.29, 1.82) is 0 Å². The molecule has 4 aromatic rings. The zero-order valence-electron chi connectivity index (χ0n) is 21.1. The number of carbonyl (C=O) groups excluding carboxylic acids is 2. The van der Waals surface area contributed by atoms with E-state index in [9.17, 15) is 9.59 Å². The van der Waals surface area contributed by atoms with E-state index in [1.165, 1.54) is 42.8 Å². The Balaban J connectivity index is 1.64. The van der Waals surface area contributed by atoms with Crippen molar-refractivity contribution in [3.8, 4) is 17.0 Å². The second-order valence-electron chi connectivity index (χ2n) is 9.80. The van der Waals surface area contributed by atoms with Crippen LogP contribution >= 0.6 is 0 Å². The molecule has 0 atom stereocenters. The maximum atomic E-state index is 13.2. The number of methoxy groups -OCH3 is 2. The zero-order chi connectivity index (χ0) is 25.5. The Morgan fingerprint density at radius 1 is 1.03 bits per heavy atom. The van der Waals surface area contributed by atoms with Gasteiger partial charge < -0.3 is 14.0 Å². The molecule has 37 heavy (non-hydrogen) atoms. The second kappa shape index (κ2) is 9.39. The Labute approximate surface area is 215 Å². The molecule has 188 valence electrons. The summed E-state index contributed by atoms with van der Waals surface area (Å²) in [4.78, 5) is 30.1. The number of benzene rings is 2. The van der Waals surface area contributed by atoms with Crippen LogP contribution in [0.5, 0.6) is 5.75 Å². The molecule has 1 saturated carbocycles. The van der Waals surface area contributed by atoms with Gasteiger partial charge in [0.2, 0.25) is 0 Å². The molecule has 2 aromatic carbocycles. The summed E-state index contributed by atoms with van der Waals surface area (Å²) in [6.45, 7) is 0.352. The van der Waals surface area contributed by atoms with Crippen LogP contribution in [0.4, 0.5) is 0 Å². The highest BCUT2D eigenvalue weighted by Crippen LogP contribution is 2.47. The molecular formula is C30H29N3O4. The van der Waals surface area contributed by atoms with Crippen LogP contribution in [-0.2, 0) is 16.1 Å². The molecule has 1 aliphatic heterocycles. The average molecular weight is 496 g/mol. The van der Waals surface area contributed by atoms with Gasteiger partial charge in [0.1, 0.15) is 12.1 Å². The van der Waals surface area contributed by atoms with Gasteiger partial charge in [-0.05, 0) is 66.3 Å². The summed E-state index contributed by atoms with van der Waals surface area (Å²) in [6, 6.07) is 12.0. The molecule has 2 aromatic heterocycles. The Bertz CT molecular complexity index is 1540. The molecule has 0 bridgehead atoms. The molecule has 7 nitrogen and oxygen atoms in total. The molecule has 0 radical (unpaired) electrons. The number of nitrogens with zero attached hydrogens (tertiary/aromatic N) is 3. The van der Waals surface area contributed by atoms with Crippen molar-refractivity contribution >= 4 is 28.9 Å². The normalized spacial score (nSPS) is 15.5. The standard InChI is InChI=1S/C30H29N3O4/c1-36-23-9-11-24-21(15-23)14-22(30(35)37-2)17-33-26-16-20(29(34)32-13-12-31-18-32)8-10-25(26)27(28(24)33)19-6-4-3-5-7-19/h8-16,18-19H,3-7,17H2,1-2H3. The highest BCUT2D eigenvalue weighted by molar-refractivity contribution is 6.03. The van der Waals surface area contributed by atoms with Crippen LogP contribution in [0, 0.1) is 0 Å². The zero-order valence-corrected chi connectivity index (χ0v) is 21.1. The van der Waals surface area contributed by atoms with E-state index in [1.54, 1.807) is 19.5 Å². The van der Waals surface area contributed by atoms with Crippen molar-refractivity contribution in [1.82, 2.24) is 14.1 Å². The first-order valence-electron chi connectivity index (χ1n) is 12.7. The largest absolute Gasteiger partial charge is 0.497 e. The average Bonchev–Trinajstić information content (AvgIpc) is 3.55. The highest BCUT2D eigenvalue weighted by atomic mass is 16.5. The Hall–Kier alpha value is -4.13. The molecule has 1 fully saturated rings. The predicted molar refractivity (Wildman–Crippen MR) is 142 cm³/mol. The summed E-state index contributed by atoms with van der Waals surface area (Å²) in [6.07, 6.45) is 12.6. The van der Waals surface area contributed by atoms with Crippen LogP contribution in [0.25, 0.3) is 28.2 Å². The molecule has 1 aliphatic carbocycles. The maximum absolute atomic E-state index is 13.2. The third-order valence-electron chi connectivity index (χ3n) is 7.72. The minimum atomic E-state index is -0.367. The lowest BCUT2D eigenvalue weighted by molar-refractivity contribution is -0.136. The SMILES string of the molecule is COC(=O)C1=Cc2cc(OC)ccc2-c2c(C3CCCCC3)c3ccc(C(=O)n4ccnc4)cc3n2C1. The van der Waals surface area contributed by atoms with Crippen molar-refractivity contribution in [3.05, 3.63) is 77.4 Å². The number of aromatic nitrogens is 3. The monoisotopic (exact) mass is 495 g/mol. The quantitative estimate of drug-likeness (QED) is 0.334. The predicted octanol–water partition coefficient (Wildman–Crippen LogP) is 5.82. The van der Waals surface area contributed by atoms with E-state index in [4.69, 9.17) is 9.47 Å². The van der Waals surface area contributed by atoms with E-state index in [2.05, 4.69) is 21.7 Å². The van der Waals surface area contributed by atoms with E-state index in [0.29, 0.717) is 23.6 Å². The molecule has 0 amide bonds. The van der Waals surface area contributed by atoms with Crippen molar-refractivity contribution < 1.29 is 19.1 Å². The summed E-state index contributed by atoms with van der Waals surface area (Å²) in [7, 11) is 3.05. The molecule has 2 aliphatic rings. The van der Waals surface area contributed by atoms with Crippen molar-refractivity contribution in [2.45, 2.75) is 44.6 Å². The highest BCUT2D eigenvalue weighted by Gasteiger charge is 2.30. The summed E-state index contributed by atoms with van der Waals surface area (Å²) in [5, 5.41) is 1.14. The minimum Gasteiger partial charge on any atom is -0.497 e. The van der Waals surface area contributed by atoms with Gasteiger partial charge in [-0.2, -0.15) is 0 Å². The van der Waals surface area contributed by atoms with E-state index in [0.717, 1.165) is 46.3 Å². The smallest absolute Gasteiger partial charge is 0.335 e. The fourth-order valence-corrected chi connectivity index (χ4v) is 5.96. The van der Waals surface area contributed by atoms with Crippen molar-refractivity contribution in [2.24, 2.45) is 0 Å². The first kappa shape index (κ1) is 23.3. The Morgan fingerprint density at radius 2 is 1.86 bits per heavy atom. The van der Waals surface area contributed by atoms with E-state index < -0.39 is 0 Å². The van der Waals surface area contributed by atoms with E-state index >= 15 is 0 Å². The molecule has 0 spiro atoms. The van der Waals surface area contributed by atoms with Crippen LogP contribution < -0.4 is 4.74 Å². The van der Waals surface area contributed by atoms with Crippen LogP contribution in [0.1, 0.15) is 59.5 Å². The number of hydrogen-bond donors (Lipinski definition) is 0. The van der Waals surface area contributed by atoms with Crippen LogP contribution in [-0.4, -0.2) is 40.2 Å². The van der Waals surface area contributed by atoms with Gasteiger partial charge >= 0.3 is 5.97 Å². The van der Waals surface area contributed by atoms with Gasteiger partial charge in [-0.3, -0.25) is 9.36 Å². The lowest BCUT2D eigenvalue weighted by Gasteiger charge is -2.24. The number of hydrogen-bond acceptors (Lipinski definition) is 5. The van der Waals surface area contributed by atoms with Gasteiger partial charge in [-0.25, -0.2) is 9.78 Å². The minimum absolute atomic E-state index is 0.142. The lowest BCUT2D eigenvalue weighted by atomic mass is 9.81. The number of esters is 1. The Morgan fingerprint density at radius 3 is 2.59 bits per heavy atom. The van der Waals surface area contributed by atoms with Crippen LogP contribution in [0.15, 0.2) is 60.7 Å². The van der Waals surface area contributed by atoms with Gasteiger partial charge in [0.25, 0.3) is 5.91 Å². The number of ether oxygens (including phenoxy) is 2. The summed E-state index contributed by atoms with van der Waals surface area (Å²) >= 11 is 0. The topological polar surface area (TPSA) is 75.3 Å². The third-order valence-corrected chi connectivity index (χ3v) is 7.72. The van der Waals surface area contributed by atoms with Crippen LogP contribution in [0.2, 0.25) is 0 Å². The molecule has 0 unspecified atom stereocenters. The first-order valence-corrected chi connectivity index (χ1v) is 12.7. The first-order chi connectivity index (χ1) is 18.1.